The Balaban J connectivity index is 1.49. The van der Waals surface area contributed by atoms with Crippen LogP contribution < -0.4 is 20.5 Å². The maximum Gasteiger partial charge on any atom is 0.274 e. The zero-order valence-corrected chi connectivity index (χ0v) is 20.8. The van der Waals surface area contributed by atoms with Crippen molar-refractivity contribution in [2.75, 3.05) is 30.9 Å². The molecule has 8 nitrogen and oxygen atoms in total. The van der Waals surface area contributed by atoms with E-state index in [4.69, 9.17) is 4.74 Å². The number of hydrogen-bond acceptors (Lipinski definition) is 8. The van der Waals surface area contributed by atoms with E-state index >= 15 is 0 Å². The zero-order valence-electron chi connectivity index (χ0n) is 19.2. The molecule has 1 aliphatic rings. The van der Waals surface area contributed by atoms with Gasteiger partial charge in [-0.2, -0.15) is 4.98 Å². The zero-order chi connectivity index (χ0) is 23.4. The molecule has 2 aromatic heterocycles. The van der Waals surface area contributed by atoms with Gasteiger partial charge in [-0.25, -0.2) is 4.98 Å². The fourth-order valence-electron chi connectivity index (χ4n) is 3.80. The van der Waals surface area contributed by atoms with Crippen LogP contribution in [0.15, 0.2) is 34.2 Å². The number of ether oxygens (including phenoxy) is 1. The fourth-order valence-corrected chi connectivity index (χ4v) is 5.74. The number of methoxy groups -OCH3 is 1. The van der Waals surface area contributed by atoms with Gasteiger partial charge in [0, 0.05) is 25.7 Å². The van der Waals surface area contributed by atoms with Gasteiger partial charge in [-0.1, -0.05) is 35.2 Å². The quantitative estimate of drug-likeness (QED) is 0.381. The summed E-state index contributed by atoms with van der Waals surface area (Å²) in [5.74, 6) is 0.791. The van der Waals surface area contributed by atoms with E-state index in [0.717, 1.165) is 42.4 Å². The lowest BCUT2D eigenvalue weighted by Gasteiger charge is -2.25. The molecule has 0 atom stereocenters. The van der Waals surface area contributed by atoms with Crippen molar-refractivity contribution in [1.82, 2.24) is 19.9 Å². The van der Waals surface area contributed by atoms with E-state index in [1.165, 1.54) is 29.5 Å². The van der Waals surface area contributed by atoms with Crippen LogP contribution in [0.5, 0.6) is 5.75 Å². The first-order chi connectivity index (χ1) is 16.0. The van der Waals surface area contributed by atoms with Crippen molar-refractivity contribution >= 4 is 44.5 Å². The molecule has 0 spiro atoms. The second-order valence-electron chi connectivity index (χ2n) is 8.28. The molecular formula is C23H29N5O3S2. The van der Waals surface area contributed by atoms with Gasteiger partial charge < -0.3 is 15.0 Å². The minimum Gasteiger partial charge on any atom is -0.497 e. The molecule has 1 aromatic carbocycles. The van der Waals surface area contributed by atoms with Gasteiger partial charge in [0.05, 0.1) is 12.9 Å². The number of carbonyl (C=O) groups excluding carboxylic acids is 1. The number of benzene rings is 1. The maximum absolute atomic E-state index is 13.3. The first-order valence-electron chi connectivity index (χ1n) is 11.2. The maximum atomic E-state index is 13.3. The Morgan fingerprint density at radius 3 is 2.76 bits per heavy atom. The summed E-state index contributed by atoms with van der Waals surface area (Å²) in [5, 5.41) is 4.30. The molecule has 10 heteroatoms. The SMILES string of the molecule is COc1cccc(CNC(=O)CSc2nc3nc(N4CCCCC4)sc3c(=O)n2C(C)C)c1. The Bertz CT molecular complexity index is 1180. The Kier molecular flexibility index (Phi) is 7.54. The Morgan fingerprint density at radius 1 is 1.24 bits per heavy atom. The molecule has 0 bridgehead atoms. The number of nitrogens with one attached hydrogen (secondary N) is 1. The number of carbonyl (C=O) groups is 1. The summed E-state index contributed by atoms with van der Waals surface area (Å²) >= 11 is 2.69. The van der Waals surface area contributed by atoms with E-state index in [1.54, 1.807) is 11.7 Å². The molecule has 1 N–H and O–H groups in total. The third-order valence-electron chi connectivity index (χ3n) is 5.52. The van der Waals surface area contributed by atoms with Crippen LogP contribution in [-0.2, 0) is 11.3 Å². The highest BCUT2D eigenvalue weighted by atomic mass is 32.2. The molecule has 0 unspecified atom stereocenters. The predicted molar refractivity (Wildman–Crippen MR) is 134 cm³/mol. The second-order valence-corrected chi connectivity index (χ2v) is 10.2. The average Bonchev–Trinajstić information content (AvgIpc) is 3.26. The van der Waals surface area contributed by atoms with Crippen LogP contribution in [0.2, 0.25) is 0 Å². The molecule has 1 fully saturated rings. The fraction of sp³-hybridized carbons (Fsp3) is 0.478. The van der Waals surface area contributed by atoms with Crippen LogP contribution in [0.25, 0.3) is 10.3 Å². The molecule has 0 aliphatic carbocycles. The summed E-state index contributed by atoms with van der Waals surface area (Å²) in [4.78, 5) is 37.3. The third kappa shape index (κ3) is 5.50. The average molecular weight is 488 g/mol. The van der Waals surface area contributed by atoms with Crippen molar-refractivity contribution in [1.29, 1.82) is 0 Å². The lowest BCUT2D eigenvalue weighted by atomic mass is 10.1. The molecular weight excluding hydrogens is 458 g/mol. The number of thioether (sulfide) groups is 1. The van der Waals surface area contributed by atoms with Crippen LogP contribution in [0, 0.1) is 0 Å². The van der Waals surface area contributed by atoms with E-state index in [1.807, 2.05) is 38.1 Å². The van der Waals surface area contributed by atoms with Gasteiger partial charge in [0.1, 0.15) is 10.4 Å². The summed E-state index contributed by atoms with van der Waals surface area (Å²) in [5.41, 5.74) is 1.34. The number of amides is 1. The van der Waals surface area contributed by atoms with Gasteiger partial charge in [-0.05, 0) is 50.8 Å². The van der Waals surface area contributed by atoms with Gasteiger partial charge in [-0.15, -0.1) is 0 Å². The van der Waals surface area contributed by atoms with Crippen molar-refractivity contribution in [2.24, 2.45) is 0 Å². The normalized spacial score (nSPS) is 14.1. The number of fused-ring (bicyclic) bond motifs is 1. The topological polar surface area (TPSA) is 89.3 Å². The molecule has 176 valence electrons. The predicted octanol–water partition coefficient (Wildman–Crippen LogP) is 3.84. The number of thiazole rings is 1. The van der Waals surface area contributed by atoms with E-state index in [-0.39, 0.29) is 23.3 Å². The summed E-state index contributed by atoms with van der Waals surface area (Å²) in [6.45, 7) is 6.24. The van der Waals surface area contributed by atoms with E-state index in [0.29, 0.717) is 22.0 Å². The molecule has 0 radical (unpaired) electrons. The van der Waals surface area contributed by atoms with Crippen LogP contribution in [0.3, 0.4) is 0 Å². The van der Waals surface area contributed by atoms with Gasteiger partial charge in [-0.3, -0.25) is 14.2 Å². The Hall–Kier alpha value is -2.59. The highest BCUT2D eigenvalue weighted by molar-refractivity contribution is 7.99. The number of hydrogen-bond donors (Lipinski definition) is 1. The standard InChI is InChI=1S/C23H29N5O3S2/c1-15(2)28-21(30)19-20(25-22(33-19)27-10-5-4-6-11-27)26-23(28)32-14-18(29)24-13-16-8-7-9-17(12-16)31-3/h7-9,12,15H,4-6,10-11,13-14H2,1-3H3,(H,24,29). The van der Waals surface area contributed by atoms with E-state index < -0.39 is 0 Å². The van der Waals surface area contributed by atoms with Crippen molar-refractivity contribution in [3.8, 4) is 5.75 Å². The van der Waals surface area contributed by atoms with Gasteiger partial charge in [0.2, 0.25) is 5.91 Å². The first kappa shape index (κ1) is 23.6. The lowest BCUT2D eigenvalue weighted by molar-refractivity contribution is -0.118. The monoisotopic (exact) mass is 487 g/mol. The van der Waals surface area contributed by atoms with Gasteiger partial charge >= 0.3 is 0 Å². The molecule has 0 saturated carbocycles. The van der Waals surface area contributed by atoms with Crippen molar-refractivity contribution in [2.45, 2.75) is 50.9 Å². The van der Waals surface area contributed by atoms with Crippen LogP contribution in [0.4, 0.5) is 5.13 Å². The number of piperidine rings is 1. The Labute approximate surface area is 201 Å². The summed E-state index contributed by atoms with van der Waals surface area (Å²) in [6.07, 6.45) is 3.53. The largest absolute Gasteiger partial charge is 0.497 e. The molecule has 1 aliphatic heterocycles. The highest BCUT2D eigenvalue weighted by Gasteiger charge is 2.21. The molecule has 3 aromatic rings. The molecule has 3 heterocycles. The molecule has 1 saturated heterocycles. The minimum atomic E-state index is -0.125. The van der Waals surface area contributed by atoms with Gasteiger partial charge in [0.15, 0.2) is 15.9 Å². The minimum absolute atomic E-state index is 0.0720. The number of anilines is 1. The smallest absolute Gasteiger partial charge is 0.274 e. The Morgan fingerprint density at radius 2 is 2.03 bits per heavy atom. The molecule has 33 heavy (non-hydrogen) atoms. The molecule has 1 amide bonds. The van der Waals surface area contributed by atoms with Crippen molar-refractivity contribution in [3.05, 3.63) is 40.2 Å². The van der Waals surface area contributed by atoms with E-state index in [9.17, 15) is 9.59 Å². The number of nitrogens with zero attached hydrogens (tertiary/aromatic N) is 4. The second kappa shape index (κ2) is 10.6. The molecule has 4 rings (SSSR count). The van der Waals surface area contributed by atoms with Crippen molar-refractivity contribution < 1.29 is 9.53 Å². The highest BCUT2D eigenvalue weighted by Crippen LogP contribution is 2.30. The number of rotatable bonds is 8. The van der Waals surface area contributed by atoms with Gasteiger partial charge in [0.25, 0.3) is 5.56 Å². The lowest BCUT2D eigenvalue weighted by Crippen LogP contribution is -2.29. The summed E-state index contributed by atoms with van der Waals surface area (Å²) in [7, 11) is 1.62. The first-order valence-corrected chi connectivity index (χ1v) is 13.0. The number of aromatic nitrogens is 3. The van der Waals surface area contributed by atoms with Crippen LogP contribution >= 0.6 is 23.1 Å². The summed E-state index contributed by atoms with van der Waals surface area (Å²) < 4.78 is 7.47. The van der Waals surface area contributed by atoms with E-state index in [2.05, 4.69) is 20.2 Å². The van der Waals surface area contributed by atoms with Crippen LogP contribution in [0.1, 0.15) is 44.7 Å². The van der Waals surface area contributed by atoms with Crippen molar-refractivity contribution in [3.63, 3.8) is 0 Å². The third-order valence-corrected chi connectivity index (χ3v) is 7.56. The van der Waals surface area contributed by atoms with Crippen LogP contribution in [-0.4, -0.2) is 46.4 Å². The summed E-state index contributed by atoms with van der Waals surface area (Å²) in [6, 6.07) is 7.51.